The lowest BCUT2D eigenvalue weighted by Gasteiger charge is -2.15. The Morgan fingerprint density at radius 3 is 2.56 bits per heavy atom. The Morgan fingerprint density at radius 2 is 1.89 bits per heavy atom. The highest BCUT2D eigenvalue weighted by atomic mass is 35.5. The van der Waals surface area contributed by atoms with Crippen molar-refractivity contribution in [3.8, 4) is 5.75 Å². The van der Waals surface area contributed by atoms with Crippen LogP contribution in [0, 0.1) is 0 Å². The fraction of sp³-hybridized carbons (Fsp3) is 0.267. The molecule has 18 heavy (non-hydrogen) atoms. The number of carbonyl (C=O) groups is 1. The van der Waals surface area contributed by atoms with Crippen molar-refractivity contribution in [1.29, 1.82) is 0 Å². The minimum absolute atomic E-state index is 0.0917. The molecule has 2 nitrogen and oxygen atoms in total. The molecule has 0 amide bonds. The molecule has 1 unspecified atom stereocenters. The van der Waals surface area contributed by atoms with Crippen LogP contribution in [0.25, 0.3) is 10.8 Å². The minimum Gasteiger partial charge on any atom is -0.482 e. The van der Waals surface area contributed by atoms with Gasteiger partial charge >= 0.3 is 0 Å². The fourth-order valence-corrected chi connectivity index (χ4v) is 2.11. The van der Waals surface area contributed by atoms with E-state index >= 15 is 0 Å². The van der Waals surface area contributed by atoms with E-state index in [-0.39, 0.29) is 5.78 Å². The number of Topliss-reactive ketones (excluding diaryl/α,β-unsaturated/α-hetero) is 1. The molecule has 2 aromatic carbocycles. The molecule has 0 radical (unpaired) electrons. The van der Waals surface area contributed by atoms with Crippen LogP contribution in [0.5, 0.6) is 5.75 Å². The van der Waals surface area contributed by atoms with Crippen molar-refractivity contribution in [3.63, 3.8) is 0 Å². The first-order chi connectivity index (χ1) is 8.63. The summed E-state index contributed by atoms with van der Waals surface area (Å²) in [7, 11) is 0. The molecule has 3 heteroatoms. The third-order valence-corrected chi connectivity index (χ3v) is 3.27. The highest BCUT2D eigenvalue weighted by Gasteiger charge is 2.14. The maximum Gasteiger partial charge on any atom is 0.172 e. The van der Waals surface area contributed by atoms with Gasteiger partial charge in [0, 0.05) is 22.2 Å². The van der Waals surface area contributed by atoms with Gasteiger partial charge in [-0.05, 0) is 19.1 Å². The van der Waals surface area contributed by atoms with E-state index in [4.69, 9.17) is 16.3 Å². The Labute approximate surface area is 112 Å². The Bertz CT molecular complexity index is 578. The van der Waals surface area contributed by atoms with Crippen LogP contribution in [-0.4, -0.2) is 11.9 Å². The van der Waals surface area contributed by atoms with Crippen molar-refractivity contribution in [1.82, 2.24) is 0 Å². The van der Waals surface area contributed by atoms with Gasteiger partial charge in [-0.3, -0.25) is 4.79 Å². The first-order valence-electron chi connectivity index (χ1n) is 6.00. The predicted molar refractivity (Wildman–Crippen MR) is 74.3 cm³/mol. The number of hydrogen-bond acceptors (Lipinski definition) is 2. The number of benzene rings is 2. The summed E-state index contributed by atoms with van der Waals surface area (Å²) in [6.45, 7) is 3.61. The molecule has 1 atom stereocenters. The average molecular weight is 263 g/mol. The van der Waals surface area contributed by atoms with Gasteiger partial charge in [-0.25, -0.2) is 0 Å². The van der Waals surface area contributed by atoms with E-state index in [0.717, 1.165) is 10.8 Å². The van der Waals surface area contributed by atoms with Gasteiger partial charge in [-0.15, -0.1) is 0 Å². The van der Waals surface area contributed by atoms with Crippen molar-refractivity contribution in [2.24, 2.45) is 0 Å². The van der Waals surface area contributed by atoms with Crippen LogP contribution >= 0.6 is 11.6 Å². The third kappa shape index (κ3) is 2.49. The minimum atomic E-state index is -0.431. The van der Waals surface area contributed by atoms with E-state index in [0.29, 0.717) is 17.2 Å². The summed E-state index contributed by atoms with van der Waals surface area (Å²) >= 11 is 6.13. The molecule has 0 saturated heterocycles. The molecule has 0 aliphatic rings. The van der Waals surface area contributed by atoms with E-state index in [1.165, 1.54) is 0 Å². The van der Waals surface area contributed by atoms with Gasteiger partial charge in [-0.2, -0.15) is 0 Å². The van der Waals surface area contributed by atoms with Crippen LogP contribution in [0.1, 0.15) is 20.3 Å². The molecule has 0 aromatic heterocycles. The zero-order valence-electron chi connectivity index (χ0n) is 10.4. The second kappa shape index (κ2) is 5.40. The van der Waals surface area contributed by atoms with Gasteiger partial charge in [0.05, 0.1) is 0 Å². The van der Waals surface area contributed by atoms with Crippen LogP contribution in [0.3, 0.4) is 0 Å². The number of ketones is 1. The summed E-state index contributed by atoms with van der Waals surface area (Å²) in [4.78, 5) is 11.6. The maximum atomic E-state index is 11.6. The number of hydrogen-bond donors (Lipinski definition) is 0. The summed E-state index contributed by atoms with van der Waals surface area (Å²) in [6, 6.07) is 11.3. The highest BCUT2D eigenvalue weighted by Crippen LogP contribution is 2.31. The number of rotatable bonds is 4. The SMILES string of the molecule is CCC(=O)C(C)Oc1ccc(Cl)c2ccccc12. The first kappa shape index (κ1) is 12.9. The highest BCUT2D eigenvalue weighted by molar-refractivity contribution is 6.35. The van der Waals surface area contributed by atoms with E-state index in [2.05, 4.69) is 0 Å². The summed E-state index contributed by atoms with van der Waals surface area (Å²) in [5.41, 5.74) is 0. The topological polar surface area (TPSA) is 26.3 Å². The molecule has 0 aliphatic heterocycles. The summed E-state index contributed by atoms with van der Waals surface area (Å²) in [5, 5.41) is 2.56. The molecule has 0 fully saturated rings. The Balaban J connectivity index is 2.40. The monoisotopic (exact) mass is 262 g/mol. The molecule has 0 saturated carbocycles. The van der Waals surface area contributed by atoms with Crippen LogP contribution in [-0.2, 0) is 4.79 Å². The molecule has 0 aliphatic carbocycles. The zero-order chi connectivity index (χ0) is 13.1. The Kier molecular flexibility index (Phi) is 3.87. The number of carbonyl (C=O) groups excluding carboxylic acids is 1. The molecule has 94 valence electrons. The van der Waals surface area contributed by atoms with Crippen molar-refractivity contribution in [2.45, 2.75) is 26.4 Å². The summed E-state index contributed by atoms with van der Waals surface area (Å²) in [5.74, 6) is 0.790. The van der Waals surface area contributed by atoms with Crippen molar-refractivity contribution < 1.29 is 9.53 Å². The van der Waals surface area contributed by atoms with Gasteiger partial charge in [0.1, 0.15) is 5.75 Å². The molecule has 2 rings (SSSR count). The average Bonchev–Trinajstić information content (AvgIpc) is 2.41. The first-order valence-corrected chi connectivity index (χ1v) is 6.38. The number of ether oxygens (including phenoxy) is 1. The van der Waals surface area contributed by atoms with Crippen LogP contribution < -0.4 is 4.74 Å². The van der Waals surface area contributed by atoms with Crippen LogP contribution in [0.15, 0.2) is 36.4 Å². The quantitative estimate of drug-likeness (QED) is 0.824. The number of halogens is 1. The second-order valence-corrected chi connectivity index (χ2v) is 4.58. The van der Waals surface area contributed by atoms with E-state index in [1.807, 2.05) is 37.3 Å². The predicted octanol–water partition coefficient (Wildman–Crippen LogP) is 4.24. The Morgan fingerprint density at radius 1 is 1.22 bits per heavy atom. The third-order valence-electron chi connectivity index (χ3n) is 2.94. The molecule has 0 N–H and O–H groups in total. The van der Waals surface area contributed by atoms with Crippen molar-refractivity contribution in [2.75, 3.05) is 0 Å². The molecule has 2 aromatic rings. The lowest BCUT2D eigenvalue weighted by atomic mass is 10.1. The molecular weight excluding hydrogens is 248 g/mol. The maximum absolute atomic E-state index is 11.6. The molecule has 0 spiro atoms. The lowest BCUT2D eigenvalue weighted by Crippen LogP contribution is -2.22. The summed E-state index contributed by atoms with van der Waals surface area (Å²) in [6.07, 6.45) is 0.0479. The smallest absolute Gasteiger partial charge is 0.172 e. The van der Waals surface area contributed by atoms with Gasteiger partial charge < -0.3 is 4.74 Å². The van der Waals surface area contributed by atoms with E-state index < -0.39 is 6.10 Å². The van der Waals surface area contributed by atoms with Crippen LogP contribution in [0.4, 0.5) is 0 Å². The molecular formula is C15H15ClO2. The molecule has 0 heterocycles. The largest absolute Gasteiger partial charge is 0.482 e. The van der Waals surface area contributed by atoms with Crippen molar-refractivity contribution >= 4 is 28.2 Å². The van der Waals surface area contributed by atoms with Crippen molar-refractivity contribution in [3.05, 3.63) is 41.4 Å². The van der Waals surface area contributed by atoms with Crippen LogP contribution in [0.2, 0.25) is 5.02 Å². The fourth-order valence-electron chi connectivity index (χ4n) is 1.88. The summed E-state index contributed by atoms with van der Waals surface area (Å²) < 4.78 is 5.73. The molecule has 0 bridgehead atoms. The van der Waals surface area contributed by atoms with E-state index in [9.17, 15) is 4.79 Å². The van der Waals surface area contributed by atoms with Gasteiger partial charge in [0.2, 0.25) is 0 Å². The van der Waals surface area contributed by atoms with Gasteiger partial charge in [0.25, 0.3) is 0 Å². The lowest BCUT2D eigenvalue weighted by molar-refractivity contribution is -0.124. The normalized spacial score (nSPS) is 12.4. The standard InChI is InChI=1S/C15H15ClO2/c1-3-14(17)10(2)18-15-9-8-13(16)11-6-4-5-7-12(11)15/h4-10H,3H2,1-2H3. The second-order valence-electron chi connectivity index (χ2n) is 4.17. The van der Waals surface area contributed by atoms with Gasteiger partial charge in [0.15, 0.2) is 11.9 Å². The van der Waals surface area contributed by atoms with E-state index in [1.54, 1.807) is 13.0 Å². The Hall–Kier alpha value is -1.54. The van der Waals surface area contributed by atoms with Gasteiger partial charge in [-0.1, -0.05) is 42.8 Å². The zero-order valence-corrected chi connectivity index (χ0v) is 11.2. The number of fused-ring (bicyclic) bond motifs is 1.